The highest BCUT2D eigenvalue weighted by Crippen LogP contribution is 2.20. The van der Waals surface area contributed by atoms with Gasteiger partial charge in [-0.15, -0.1) is 0 Å². The molecule has 18 heavy (non-hydrogen) atoms. The summed E-state index contributed by atoms with van der Waals surface area (Å²) in [6.45, 7) is 2.07. The zero-order valence-corrected chi connectivity index (χ0v) is 10.7. The van der Waals surface area contributed by atoms with Gasteiger partial charge in [0.05, 0.1) is 11.4 Å². The van der Waals surface area contributed by atoms with E-state index in [-0.39, 0.29) is 0 Å². The highest BCUT2D eigenvalue weighted by Gasteiger charge is 2.08. The minimum atomic E-state index is -3.50. The number of benzene rings is 1. The van der Waals surface area contributed by atoms with Crippen LogP contribution in [0.5, 0.6) is 0 Å². The van der Waals surface area contributed by atoms with Crippen LogP contribution in [0.3, 0.4) is 0 Å². The maximum absolute atomic E-state index is 11.6. The van der Waals surface area contributed by atoms with Crippen molar-refractivity contribution in [3.8, 4) is 11.3 Å². The lowest BCUT2D eigenvalue weighted by atomic mass is 10.1. The molecule has 7 heteroatoms. The van der Waals surface area contributed by atoms with Gasteiger partial charge in [0.1, 0.15) is 0 Å². The van der Waals surface area contributed by atoms with Crippen molar-refractivity contribution in [3.63, 3.8) is 0 Å². The summed E-state index contributed by atoms with van der Waals surface area (Å²) in [5.41, 5.74) is 2.20. The van der Waals surface area contributed by atoms with Crippen LogP contribution in [0, 0.1) is 0 Å². The van der Waals surface area contributed by atoms with Gasteiger partial charge < -0.3 is 0 Å². The van der Waals surface area contributed by atoms with Gasteiger partial charge in [-0.3, -0.25) is 9.82 Å². The number of H-pyrrole nitrogens is 1. The molecule has 1 heterocycles. The SMILES string of the molecule is CCNS(=O)(=O)Nc1cccc(-c2ccn[nH]2)c1. The Morgan fingerprint density at radius 2 is 2.17 bits per heavy atom. The van der Waals surface area contributed by atoms with Crippen molar-refractivity contribution in [2.24, 2.45) is 0 Å². The lowest BCUT2D eigenvalue weighted by molar-refractivity contribution is 0.589. The van der Waals surface area contributed by atoms with Crippen molar-refractivity contribution in [3.05, 3.63) is 36.5 Å². The Morgan fingerprint density at radius 1 is 1.33 bits per heavy atom. The number of hydrogen-bond donors (Lipinski definition) is 3. The van der Waals surface area contributed by atoms with Crippen molar-refractivity contribution in [1.82, 2.24) is 14.9 Å². The molecule has 0 fully saturated rings. The summed E-state index contributed by atoms with van der Waals surface area (Å²) in [5.74, 6) is 0. The zero-order valence-electron chi connectivity index (χ0n) is 9.84. The molecule has 0 atom stereocenters. The normalized spacial score (nSPS) is 11.4. The Morgan fingerprint density at radius 3 is 2.83 bits per heavy atom. The zero-order chi connectivity index (χ0) is 13.0. The number of rotatable bonds is 5. The van der Waals surface area contributed by atoms with E-state index in [1.165, 1.54) is 0 Å². The topological polar surface area (TPSA) is 86.9 Å². The summed E-state index contributed by atoms with van der Waals surface area (Å²) < 4.78 is 27.9. The Kier molecular flexibility index (Phi) is 3.63. The van der Waals surface area contributed by atoms with E-state index in [2.05, 4.69) is 19.6 Å². The van der Waals surface area contributed by atoms with Gasteiger partial charge in [0.2, 0.25) is 0 Å². The lowest BCUT2D eigenvalue weighted by Crippen LogP contribution is -2.29. The summed E-state index contributed by atoms with van der Waals surface area (Å²) in [6, 6.07) is 8.90. The van der Waals surface area contributed by atoms with Gasteiger partial charge >= 0.3 is 0 Å². The molecule has 0 bridgehead atoms. The van der Waals surface area contributed by atoms with Crippen LogP contribution >= 0.6 is 0 Å². The summed E-state index contributed by atoms with van der Waals surface area (Å²) in [5, 5.41) is 6.68. The van der Waals surface area contributed by atoms with E-state index >= 15 is 0 Å². The van der Waals surface area contributed by atoms with Crippen LogP contribution in [0.1, 0.15) is 6.92 Å². The number of aromatic amines is 1. The van der Waals surface area contributed by atoms with E-state index < -0.39 is 10.2 Å². The van der Waals surface area contributed by atoms with E-state index in [4.69, 9.17) is 0 Å². The smallest absolute Gasteiger partial charge is 0.278 e. The number of aromatic nitrogens is 2. The number of nitrogens with zero attached hydrogens (tertiary/aromatic N) is 1. The molecule has 0 aliphatic rings. The second kappa shape index (κ2) is 5.19. The fourth-order valence-corrected chi connectivity index (χ4v) is 2.44. The summed E-state index contributed by atoms with van der Waals surface area (Å²) in [7, 11) is -3.50. The second-order valence-corrected chi connectivity index (χ2v) is 5.15. The first-order valence-corrected chi connectivity index (χ1v) is 6.96. The Labute approximate surface area is 106 Å². The number of anilines is 1. The molecular formula is C11H14N4O2S. The van der Waals surface area contributed by atoms with E-state index in [1.807, 2.05) is 12.1 Å². The minimum Gasteiger partial charge on any atom is -0.278 e. The predicted octanol–water partition coefficient (Wildman–Crippen LogP) is 1.34. The van der Waals surface area contributed by atoms with Crippen LogP contribution in [-0.4, -0.2) is 25.2 Å². The predicted molar refractivity (Wildman–Crippen MR) is 70.2 cm³/mol. The quantitative estimate of drug-likeness (QED) is 0.763. The van der Waals surface area contributed by atoms with Crippen molar-refractivity contribution >= 4 is 15.9 Å². The van der Waals surface area contributed by atoms with Crippen molar-refractivity contribution < 1.29 is 8.42 Å². The Balaban J connectivity index is 2.23. The molecule has 96 valence electrons. The summed E-state index contributed by atoms with van der Waals surface area (Å²) >= 11 is 0. The average Bonchev–Trinajstić information content (AvgIpc) is 2.81. The highest BCUT2D eigenvalue weighted by molar-refractivity contribution is 7.90. The van der Waals surface area contributed by atoms with Gasteiger partial charge in [-0.1, -0.05) is 19.1 Å². The molecule has 2 rings (SSSR count). The van der Waals surface area contributed by atoms with Gasteiger partial charge in [-0.2, -0.15) is 18.2 Å². The van der Waals surface area contributed by atoms with E-state index in [1.54, 1.807) is 31.3 Å². The van der Waals surface area contributed by atoms with Gasteiger partial charge in [-0.05, 0) is 18.2 Å². The van der Waals surface area contributed by atoms with Crippen molar-refractivity contribution in [2.45, 2.75) is 6.92 Å². The van der Waals surface area contributed by atoms with Crippen LogP contribution < -0.4 is 9.44 Å². The maximum Gasteiger partial charge on any atom is 0.299 e. The van der Waals surface area contributed by atoms with Gasteiger partial charge in [0.15, 0.2) is 0 Å². The third-order valence-electron chi connectivity index (χ3n) is 2.26. The lowest BCUT2D eigenvalue weighted by Gasteiger charge is -2.08. The molecule has 0 amide bonds. The van der Waals surface area contributed by atoms with E-state index in [9.17, 15) is 8.42 Å². The molecule has 1 aromatic carbocycles. The molecular weight excluding hydrogens is 252 g/mol. The molecule has 1 aromatic heterocycles. The largest absolute Gasteiger partial charge is 0.299 e. The Hall–Kier alpha value is -1.86. The molecule has 2 aromatic rings. The monoisotopic (exact) mass is 266 g/mol. The summed E-state index contributed by atoms with van der Waals surface area (Å²) in [4.78, 5) is 0. The van der Waals surface area contributed by atoms with E-state index in [0.29, 0.717) is 12.2 Å². The van der Waals surface area contributed by atoms with Crippen molar-refractivity contribution in [1.29, 1.82) is 0 Å². The van der Waals surface area contributed by atoms with Crippen LogP contribution in [0.2, 0.25) is 0 Å². The molecule has 3 N–H and O–H groups in total. The molecule has 0 saturated carbocycles. The average molecular weight is 266 g/mol. The molecule has 0 aliphatic heterocycles. The Bertz CT molecular complexity index is 608. The molecule has 0 saturated heterocycles. The van der Waals surface area contributed by atoms with E-state index in [0.717, 1.165) is 11.3 Å². The molecule has 0 spiro atoms. The first-order valence-electron chi connectivity index (χ1n) is 5.48. The number of hydrogen-bond acceptors (Lipinski definition) is 3. The van der Waals surface area contributed by atoms with Crippen LogP contribution in [0.25, 0.3) is 11.3 Å². The second-order valence-electron chi connectivity index (χ2n) is 3.65. The molecule has 6 nitrogen and oxygen atoms in total. The fraction of sp³-hybridized carbons (Fsp3) is 0.182. The first-order chi connectivity index (χ1) is 8.61. The highest BCUT2D eigenvalue weighted by atomic mass is 32.2. The standard InChI is InChI=1S/C11H14N4O2S/c1-2-13-18(16,17)15-10-5-3-4-9(8-10)11-6-7-12-14-11/h3-8,13,15H,2H2,1H3,(H,12,14). The third kappa shape index (κ3) is 3.08. The van der Waals surface area contributed by atoms with Gasteiger partial charge in [0, 0.05) is 18.3 Å². The number of nitrogens with one attached hydrogen (secondary N) is 3. The van der Waals surface area contributed by atoms with Gasteiger partial charge in [-0.25, -0.2) is 0 Å². The summed E-state index contributed by atoms with van der Waals surface area (Å²) in [6.07, 6.45) is 1.64. The fourth-order valence-electron chi connectivity index (χ4n) is 1.55. The van der Waals surface area contributed by atoms with Crippen molar-refractivity contribution in [2.75, 3.05) is 11.3 Å². The first kappa shape index (κ1) is 12.6. The molecule has 0 aliphatic carbocycles. The van der Waals surface area contributed by atoms with Gasteiger partial charge in [0.25, 0.3) is 10.2 Å². The van der Waals surface area contributed by atoms with Crippen LogP contribution in [0.15, 0.2) is 36.5 Å². The molecule has 0 unspecified atom stereocenters. The minimum absolute atomic E-state index is 0.343. The maximum atomic E-state index is 11.6. The third-order valence-corrected chi connectivity index (χ3v) is 3.43. The van der Waals surface area contributed by atoms with Crippen LogP contribution in [-0.2, 0) is 10.2 Å². The van der Waals surface area contributed by atoms with Crippen LogP contribution in [0.4, 0.5) is 5.69 Å². The molecule has 0 radical (unpaired) electrons.